The second-order valence-corrected chi connectivity index (χ2v) is 10.7. The van der Waals surface area contributed by atoms with Gasteiger partial charge in [0.1, 0.15) is 11.6 Å². The van der Waals surface area contributed by atoms with Gasteiger partial charge in [0.2, 0.25) is 0 Å². The summed E-state index contributed by atoms with van der Waals surface area (Å²) in [7, 11) is 0. The smallest absolute Gasteiger partial charge is 0.140 e. The zero-order valence-electron chi connectivity index (χ0n) is 16.4. The van der Waals surface area contributed by atoms with Crippen molar-refractivity contribution in [2.75, 3.05) is 6.61 Å². The van der Waals surface area contributed by atoms with Gasteiger partial charge in [-0.1, -0.05) is 28.1 Å². The van der Waals surface area contributed by atoms with Crippen LogP contribution in [0, 0.1) is 5.92 Å². The minimum Gasteiger partial charge on any atom is -0.493 e. The number of H-pyrrole nitrogens is 1. The molecule has 1 aliphatic carbocycles. The molecule has 154 valence electrons. The van der Waals surface area contributed by atoms with Crippen LogP contribution in [-0.2, 0) is 0 Å². The van der Waals surface area contributed by atoms with Crippen molar-refractivity contribution in [1.82, 2.24) is 9.97 Å². The van der Waals surface area contributed by atoms with Crippen LogP contribution in [0.5, 0.6) is 5.75 Å². The van der Waals surface area contributed by atoms with Gasteiger partial charge in [0.05, 0.1) is 17.6 Å². The Balaban J connectivity index is 1.64. The zero-order chi connectivity index (χ0) is 21.1. The maximum Gasteiger partial charge on any atom is 0.140 e. The molecule has 5 aromatic rings. The van der Waals surface area contributed by atoms with Crippen molar-refractivity contribution in [2.45, 2.75) is 12.8 Å². The maximum absolute atomic E-state index is 6.09. The van der Waals surface area contributed by atoms with Gasteiger partial charge in [-0.25, -0.2) is 4.98 Å². The fourth-order valence-electron chi connectivity index (χ4n) is 4.10. The van der Waals surface area contributed by atoms with E-state index in [0.717, 1.165) is 70.3 Å². The lowest BCUT2D eigenvalue weighted by Crippen LogP contribution is -1.98. The molecule has 1 heterocycles. The molecule has 1 aliphatic rings. The summed E-state index contributed by atoms with van der Waals surface area (Å²) in [6, 6.07) is 18.8. The van der Waals surface area contributed by atoms with Crippen LogP contribution in [0.1, 0.15) is 12.8 Å². The third kappa shape index (κ3) is 3.49. The first kappa shape index (κ1) is 19.8. The monoisotopic (exact) mass is 598 g/mol. The second kappa shape index (κ2) is 7.61. The summed E-state index contributed by atoms with van der Waals surface area (Å²) >= 11 is 11.0. The van der Waals surface area contributed by atoms with Crippen LogP contribution in [0.4, 0.5) is 0 Å². The van der Waals surface area contributed by atoms with Gasteiger partial charge in [0.15, 0.2) is 0 Å². The van der Waals surface area contributed by atoms with Gasteiger partial charge in [-0.15, -0.1) is 0 Å². The summed E-state index contributed by atoms with van der Waals surface area (Å²) in [6.07, 6.45) is 2.57. The number of benzene rings is 4. The first-order chi connectivity index (χ1) is 15.1. The van der Waals surface area contributed by atoms with Crippen LogP contribution in [0.2, 0.25) is 0 Å². The molecule has 0 bridgehead atoms. The number of halogens is 3. The van der Waals surface area contributed by atoms with E-state index in [1.807, 2.05) is 18.2 Å². The molecule has 4 aromatic carbocycles. The highest BCUT2D eigenvalue weighted by Gasteiger charge is 2.22. The second-order valence-electron chi connectivity index (χ2n) is 8.06. The van der Waals surface area contributed by atoms with Gasteiger partial charge in [0.25, 0.3) is 0 Å². The summed E-state index contributed by atoms with van der Waals surface area (Å²) in [4.78, 5) is 8.64. The fourth-order valence-corrected chi connectivity index (χ4v) is 5.84. The highest BCUT2D eigenvalue weighted by molar-refractivity contribution is 9.11. The Bertz CT molecular complexity index is 1470. The Morgan fingerprint density at radius 3 is 2.39 bits per heavy atom. The van der Waals surface area contributed by atoms with Gasteiger partial charge in [0, 0.05) is 29.8 Å². The van der Waals surface area contributed by atoms with Crippen molar-refractivity contribution in [1.29, 1.82) is 0 Å². The third-order valence-electron chi connectivity index (χ3n) is 5.87. The molecule has 1 N–H and O–H groups in total. The normalized spacial score (nSPS) is 14.0. The Labute approximate surface area is 204 Å². The lowest BCUT2D eigenvalue weighted by atomic mass is 10.00. The topological polar surface area (TPSA) is 37.9 Å². The quantitative estimate of drug-likeness (QED) is 0.210. The number of imidazole rings is 1. The molecule has 3 nitrogen and oxygen atoms in total. The van der Waals surface area contributed by atoms with Gasteiger partial charge in [-0.05, 0) is 104 Å². The van der Waals surface area contributed by atoms with Crippen molar-refractivity contribution in [3.63, 3.8) is 0 Å². The summed E-state index contributed by atoms with van der Waals surface area (Å²) in [5, 5.41) is 4.59. The molecule has 0 amide bonds. The van der Waals surface area contributed by atoms with E-state index in [-0.39, 0.29) is 0 Å². The van der Waals surface area contributed by atoms with Crippen molar-refractivity contribution in [2.24, 2.45) is 5.92 Å². The largest absolute Gasteiger partial charge is 0.493 e. The number of rotatable bonds is 4. The predicted octanol–water partition coefficient (Wildman–Crippen LogP) is 8.61. The van der Waals surface area contributed by atoms with Crippen molar-refractivity contribution in [3.05, 3.63) is 68.0 Å². The molecule has 0 spiro atoms. The predicted molar refractivity (Wildman–Crippen MR) is 138 cm³/mol. The molecule has 0 radical (unpaired) electrons. The number of nitrogens with one attached hydrogen (secondary N) is 1. The molecule has 6 rings (SSSR count). The number of aromatic amines is 1. The molecule has 31 heavy (non-hydrogen) atoms. The van der Waals surface area contributed by atoms with Crippen LogP contribution in [0.25, 0.3) is 44.0 Å². The number of hydrogen-bond acceptors (Lipinski definition) is 2. The van der Waals surface area contributed by atoms with Crippen molar-refractivity contribution < 1.29 is 4.74 Å². The average Bonchev–Trinajstić information content (AvgIpc) is 3.49. The molecule has 1 fully saturated rings. The number of hydrogen-bond donors (Lipinski definition) is 1. The lowest BCUT2D eigenvalue weighted by Gasteiger charge is -2.10. The standard InChI is InChI=1S/C25H17Br3N2O/c26-14-6-8-16-18(10-14)19-11-15(31-12-13-4-5-13)7-9-17(19)24-23(16)29-25(30-24)22-20(27)2-1-3-21(22)28/h1-3,6-11,13H,4-5,12H2,(H,29,30). The maximum atomic E-state index is 6.09. The molecule has 0 unspecified atom stereocenters. The van der Waals surface area contributed by atoms with E-state index in [1.165, 1.54) is 18.2 Å². The first-order valence-electron chi connectivity index (χ1n) is 10.2. The molecule has 1 saturated carbocycles. The summed E-state index contributed by atoms with van der Waals surface area (Å²) in [6.45, 7) is 0.805. The lowest BCUT2D eigenvalue weighted by molar-refractivity contribution is 0.300. The first-order valence-corrected chi connectivity index (χ1v) is 12.6. The summed E-state index contributed by atoms with van der Waals surface area (Å²) in [5.74, 6) is 2.48. The van der Waals surface area contributed by atoms with Gasteiger partial charge < -0.3 is 9.72 Å². The molecular weight excluding hydrogens is 584 g/mol. The fraction of sp³-hybridized carbons (Fsp3) is 0.160. The van der Waals surface area contributed by atoms with E-state index in [1.54, 1.807) is 0 Å². The van der Waals surface area contributed by atoms with Gasteiger partial charge in [-0.2, -0.15) is 0 Å². The zero-order valence-corrected chi connectivity index (χ0v) is 21.1. The SMILES string of the molecule is Brc1ccc2c(c1)c1cc(OCC3CC3)ccc1c1[nH]c(-c3c(Br)cccc3Br)nc21. The number of nitrogens with zero attached hydrogens (tertiary/aromatic N) is 1. The van der Waals surface area contributed by atoms with E-state index >= 15 is 0 Å². The van der Waals surface area contributed by atoms with Crippen molar-refractivity contribution in [3.8, 4) is 17.1 Å². The van der Waals surface area contributed by atoms with E-state index in [0.29, 0.717) is 0 Å². The summed E-state index contributed by atoms with van der Waals surface area (Å²) < 4.78 is 9.12. The minimum atomic E-state index is 0.724. The molecule has 6 heteroatoms. The van der Waals surface area contributed by atoms with E-state index in [9.17, 15) is 0 Å². The average molecular weight is 601 g/mol. The van der Waals surface area contributed by atoms with Crippen LogP contribution >= 0.6 is 47.8 Å². The molecule has 0 saturated heterocycles. The number of aromatic nitrogens is 2. The minimum absolute atomic E-state index is 0.724. The molecule has 1 aromatic heterocycles. The Hall–Kier alpha value is -1.89. The van der Waals surface area contributed by atoms with E-state index in [4.69, 9.17) is 9.72 Å². The molecule has 0 atom stereocenters. The van der Waals surface area contributed by atoms with Crippen molar-refractivity contribution >= 4 is 80.4 Å². The highest BCUT2D eigenvalue weighted by atomic mass is 79.9. The van der Waals surface area contributed by atoms with E-state index < -0.39 is 0 Å². The van der Waals surface area contributed by atoms with Crippen LogP contribution < -0.4 is 4.74 Å². The highest BCUT2D eigenvalue weighted by Crippen LogP contribution is 2.40. The van der Waals surface area contributed by atoms with Gasteiger partial charge >= 0.3 is 0 Å². The van der Waals surface area contributed by atoms with Crippen LogP contribution in [0.15, 0.2) is 68.0 Å². The Kier molecular flexibility index (Phi) is 4.85. The molecular formula is C25H17Br3N2O. The summed E-state index contributed by atoms with van der Waals surface area (Å²) in [5.41, 5.74) is 3.03. The third-order valence-corrected chi connectivity index (χ3v) is 7.69. The van der Waals surface area contributed by atoms with E-state index in [2.05, 4.69) is 89.2 Å². The van der Waals surface area contributed by atoms with Gasteiger partial charge in [-0.3, -0.25) is 0 Å². The van der Waals surface area contributed by atoms with Crippen LogP contribution in [0.3, 0.4) is 0 Å². The Morgan fingerprint density at radius 1 is 0.871 bits per heavy atom. The molecule has 0 aliphatic heterocycles. The van der Waals surface area contributed by atoms with Crippen LogP contribution in [-0.4, -0.2) is 16.6 Å². The number of fused-ring (bicyclic) bond motifs is 6. The number of ether oxygens (including phenoxy) is 1. The Morgan fingerprint density at radius 2 is 1.61 bits per heavy atom.